The van der Waals surface area contributed by atoms with Gasteiger partial charge in [-0.2, -0.15) is 4.68 Å². The van der Waals surface area contributed by atoms with Crippen LogP contribution >= 0.6 is 0 Å². The van der Waals surface area contributed by atoms with E-state index in [4.69, 9.17) is 0 Å². The van der Waals surface area contributed by atoms with E-state index in [9.17, 15) is 8.42 Å². The van der Waals surface area contributed by atoms with Crippen LogP contribution in [0.4, 0.5) is 0 Å². The Kier molecular flexibility index (Phi) is 3.68. The lowest BCUT2D eigenvalue weighted by Crippen LogP contribution is -2.17. The highest BCUT2D eigenvalue weighted by atomic mass is 32.2. The maximum absolute atomic E-state index is 12.6. The van der Waals surface area contributed by atoms with E-state index in [0.29, 0.717) is 5.69 Å². The Hall–Kier alpha value is -2.61. The number of rotatable bonds is 4. The molecule has 0 fully saturated rings. The van der Waals surface area contributed by atoms with Crippen LogP contribution in [0.2, 0.25) is 0 Å². The van der Waals surface area contributed by atoms with Crippen molar-refractivity contribution in [1.82, 2.24) is 25.2 Å². The van der Waals surface area contributed by atoms with Gasteiger partial charge in [-0.25, -0.2) is 13.4 Å². The fraction of sp³-hybridized carbons (Fsp3) is 0.143. The molecule has 112 valence electrons. The number of hydrogen-bond donors (Lipinski definition) is 0. The molecule has 8 heteroatoms. The second-order valence-electron chi connectivity index (χ2n) is 4.64. The first-order chi connectivity index (χ1) is 10.6. The van der Waals surface area contributed by atoms with Crippen LogP contribution in [-0.4, -0.2) is 33.6 Å². The van der Waals surface area contributed by atoms with Gasteiger partial charge in [-0.3, -0.25) is 0 Å². The molecule has 0 aliphatic carbocycles. The smallest absolute Gasteiger partial charge is 0.205 e. The van der Waals surface area contributed by atoms with Crippen molar-refractivity contribution in [2.75, 3.05) is 0 Å². The number of aromatic nitrogens is 5. The second kappa shape index (κ2) is 5.64. The molecule has 0 N–H and O–H groups in total. The largest absolute Gasteiger partial charge is 0.245 e. The number of sulfone groups is 1. The molecule has 1 atom stereocenters. The van der Waals surface area contributed by atoms with Crippen LogP contribution in [0, 0.1) is 0 Å². The van der Waals surface area contributed by atoms with E-state index in [2.05, 4.69) is 20.5 Å². The van der Waals surface area contributed by atoms with Crippen molar-refractivity contribution in [2.45, 2.75) is 17.2 Å². The first-order valence-corrected chi connectivity index (χ1v) is 8.14. The van der Waals surface area contributed by atoms with Gasteiger partial charge in [0.25, 0.3) is 0 Å². The first-order valence-electron chi connectivity index (χ1n) is 6.59. The predicted octanol–water partition coefficient (Wildman–Crippen LogP) is 1.59. The quantitative estimate of drug-likeness (QED) is 0.726. The molecular formula is C14H13N5O2S. The number of hydrogen-bond acceptors (Lipinski definition) is 6. The molecule has 3 aromatic rings. The van der Waals surface area contributed by atoms with E-state index in [-0.39, 0.29) is 10.9 Å². The molecule has 0 aliphatic heterocycles. The number of tetrazole rings is 1. The highest BCUT2D eigenvalue weighted by molar-refractivity contribution is 7.91. The van der Waals surface area contributed by atoms with Crippen molar-refractivity contribution in [3.05, 3.63) is 60.6 Å². The Labute approximate surface area is 127 Å². The highest BCUT2D eigenvalue weighted by Gasteiger charge is 2.31. The van der Waals surface area contributed by atoms with Crippen LogP contribution in [0.15, 0.2) is 59.8 Å². The Morgan fingerprint density at radius 3 is 2.45 bits per heavy atom. The van der Waals surface area contributed by atoms with Crippen LogP contribution in [0.1, 0.15) is 18.0 Å². The minimum absolute atomic E-state index is 0.00473. The molecular weight excluding hydrogens is 302 g/mol. The molecule has 1 unspecified atom stereocenters. The lowest BCUT2D eigenvalue weighted by Gasteiger charge is -2.12. The predicted molar refractivity (Wildman–Crippen MR) is 79.0 cm³/mol. The molecule has 0 saturated heterocycles. The molecule has 0 radical (unpaired) electrons. The Bertz CT molecular complexity index is 863. The summed E-state index contributed by atoms with van der Waals surface area (Å²) < 4.78 is 26.7. The summed E-state index contributed by atoms with van der Waals surface area (Å²) >= 11 is 0. The zero-order chi connectivity index (χ0) is 15.6. The van der Waals surface area contributed by atoms with Gasteiger partial charge in [0.1, 0.15) is 5.25 Å². The van der Waals surface area contributed by atoms with Gasteiger partial charge < -0.3 is 0 Å². The molecule has 2 heterocycles. The third-order valence-electron chi connectivity index (χ3n) is 3.25. The van der Waals surface area contributed by atoms with E-state index >= 15 is 0 Å². The molecule has 0 spiro atoms. The average molecular weight is 315 g/mol. The van der Waals surface area contributed by atoms with Gasteiger partial charge in [0.15, 0.2) is 10.9 Å². The summed E-state index contributed by atoms with van der Waals surface area (Å²) in [7, 11) is -3.67. The molecule has 1 aromatic carbocycles. The van der Waals surface area contributed by atoms with E-state index in [1.165, 1.54) is 16.9 Å². The van der Waals surface area contributed by atoms with E-state index in [1.807, 2.05) is 18.2 Å². The summed E-state index contributed by atoms with van der Waals surface area (Å²) in [6, 6.07) is 13.9. The maximum atomic E-state index is 12.6. The highest BCUT2D eigenvalue weighted by Crippen LogP contribution is 2.26. The summed E-state index contributed by atoms with van der Waals surface area (Å²) in [5.41, 5.74) is 0.700. The Balaban J connectivity index is 2.04. The molecule has 2 aromatic heterocycles. The van der Waals surface area contributed by atoms with Crippen LogP contribution in [0.5, 0.6) is 0 Å². The molecule has 3 rings (SSSR count). The fourth-order valence-corrected chi connectivity index (χ4v) is 3.30. The lowest BCUT2D eigenvalue weighted by molar-refractivity contribution is 0.577. The number of benzene rings is 1. The van der Waals surface area contributed by atoms with Crippen molar-refractivity contribution in [3.8, 4) is 5.69 Å². The third kappa shape index (κ3) is 2.48. The molecule has 7 nitrogen and oxygen atoms in total. The molecule has 0 bridgehead atoms. The van der Waals surface area contributed by atoms with Gasteiger partial charge >= 0.3 is 0 Å². The van der Waals surface area contributed by atoms with E-state index < -0.39 is 15.1 Å². The normalized spacial score (nSPS) is 13.0. The van der Waals surface area contributed by atoms with Gasteiger partial charge in [0, 0.05) is 6.20 Å². The van der Waals surface area contributed by atoms with Crippen LogP contribution < -0.4 is 0 Å². The Morgan fingerprint density at radius 2 is 1.77 bits per heavy atom. The minimum atomic E-state index is -3.67. The topological polar surface area (TPSA) is 90.6 Å². The van der Waals surface area contributed by atoms with Crippen molar-refractivity contribution in [3.63, 3.8) is 0 Å². The maximum Gasteiger partial charge on any atom is 0.205 e. The van der Waals surface area contributed by atoms with Crippen molar-refractivity contribution in [1.29, 1.82) is 0 Å². The van der Waals surface area contributed by atoms with Crippen molar-refractivity contribution in [2.24, 2.45) is 0 Å². The number of para-hydroxylation sites is 1. The second-order valence-corrected chi connectivity index (χ2v) is 6.86. The molecule has 0 aliphatic rings. The Morgan fingerprint density at radius 1 is 1.05 bits per heavy atom. The first kappa shape index (κ1) is 14.3. The monoisotopic (exact) mass is 315 g/mol. The van der Waals surface area contributed by atoms with E-state index in [1.54, 1.807) is 31.2 Å². The zero-order valence-electron chi connectivity index (χ0n) is 11.7. The van der Waals surface area contributed by atoms with Crippen LogP contribution in [0.25, 0.3) is 5.69 Å². The van der Waals surface area contributed by atoms with Gasteiger partial charge in [-0.05, 0) is 41.6 Å². The fourth-order valence-electron chi connectivity index (χ4n) is 2.04. The number of pyridine rings is 1. The van der Waals surface area contributed by atoms with Gasteiger partial charge in [0.2, 0.25) is 9.84 Å². The van der Waals surface area contributed by atoms with Gasteiger partial charge in [-0.15, -0.1) is 5.10 Å². The van der Waals surface area contributed by atoms with Crippen molar-refractivity contribution < 1.29 is 8.42 Å². The van der Waals surface area contributed by atoms with Crippen LogP contribution in [-0.2, 0) is 9.84 Å². The SMILES string of the molecule is CC(c1nnnn1-c1ccccc1)S(=O)(=O)c1ccccn1. The summed E-state index contributed by atoms with van der Waals surface area (Å²) in [4.78, 5) is 3.92. The minimum Gasteiger partial charge on any atom is -0.245 e. The molecule has 0 saturated carbocycles. The van der Waals surface area contributed by atoms with Crippen LogP contribution in [0.3, 0.4) is 0 Å². The average Bonchev–Trinajstić information content (AvgIpc) is 3.05. The number of nitrogens with zero attached hydrogens (tertiary/aromatic N) is 5. The summed E-state index contributed by atoms with van der Waals surface area (Å²) in [5, 5.41) is 10.5. The molecule has 0 amide bonds. The molecule has 22 heavy (non-hydrogen) atoms. The summed E-state index contributed by atoms with van der Waals surface area (Å²) in [6.07, 6.45) is 1.44. The zero-order valence-corrected chi connectivity index (χ0v) is 12.6. The lowest BCUT2D eigenvalue weighted by atomic mass is 10.3. The third-order valence-corrected chi connectivity index (χ3v) is 5.22. The van der Waals surface area contributed by atoms with Gasteiger partial charge in [0.05, 0.1) is 5.69 Å². The summed E-state index contributed by atoms with van der Waals surface area (Å²) in [5.74, 6) is 0.247. The van der Waals surface area contributed by atoms with Crippen molar-refractivity contribution >= 4 is 9.84 Å². The van der Waals surface area contributed by atoms with Gasteiger partial charge in [-0.1, -0.05) is 24.3 Å². The van der Waals surface area contributed by atoms with E-state index in [0.717, 1.165) is 0 Å². The standard InChI is InChI=1S/C14H13N5O2S/c1-11(22(20,21)13-9-5-6-10-15-13)14-16-17-18-19(14)12-7-3-2-4-8-12/h2-11H,1H3. The summed E-state index contributed by atoms with van der Waals surface area (Å²) in [6.45, 7) is 1.55.